The number of anilines is 1. The van der Waals surface area contributed by atoms with Crippen molar-refractivity contribution in [2.75, 3.05) is 18.9 Å². The second-order valence-corrected chi connectivity index (χ2v) is 9.30. The highest BCUT2D eigenvalue weighted by molar-refractivity contribution is 7.89. The van der Waals surface area contributed by atoms with Crippen molar-refractivity contribution < 1.29 is 27.1 Å². The van der Waals surface area contributed by atoms with Crippen molar-refractivity contribution in [3.63, 3.8) is 0 Å². The van der Waals surface area contributed by atoms with Gasteiger partial charge in [0.1, 0.15) is 11.6 Å². The molecule has 0 unspecified atom stereocenters. The first-order valence-corrected chi connectivity index (χ1v) is 11.2. The van der Waals surface area contributed by atoms with Gasteiger partial charge in [-0.05, 0) is 42.7 Å². The molecule has 0 spiro atoms. The molecule has 0 bridgehead atoms. The van der Waals surface area contributed by atoms with Gasteiger partial charge in [0, 0.05) is 19.7 Å². The minimum Gasteiger partial charge on any atom is -0.478 e. The normalized spacial score (nSPS) is 15.8. The van der Waals surface area contributed by atoms with E-state index in [1.54, 1.807) is 13.8 Å². The van der Waals surface area contributed by atoms with Gasteiger partial charge in [0.25, 0.3) is 5.91 Å². The van der Waals surface area contributed by atoms with Crippen molar-refractivity contribution in [2.24, 2.45) is 0 Å². The number of rotatable bonds is 7. The summed E-state index contributed by atoms with van der Waals surface area (Å²) in [5, 5.41) is 5.33. The fraction of sp³-hybridized carbons (Fsp3) is 0.333. The highest BCUT2D eigenvalue weighted by atomic mass is 32.2. The zero-order valence-electron chi connectivity index (χ0n) is 17.4. The fourth-order valence-electron chi connectivity index (χ4n) is 3.15. The average Bonchev–Trinajstić information content (AvgIpc) is 2.72. The predicted molar refractivity (Wildman–Crippen MR) is 113 cm³/mol. The molecule has 0 radical (unpaired) electrons. The summed E-state index contributed by atoms with van der Waals surface area (Å²) >= 11 is 0. The Morgan fingerprint density at radius 2 is 1.94 bits per heavy atom. The molecule has 8 nitrogen and oxygen atoms in total. The Balaban J connectivity index is 1.72. The zero-order chi connectivity index (χ0) is 22.8. The number of benzene rings is 2. The van der Waals surface area contributed by atoms with E-state index in [9.17, 15) is 22.4 Å². The molecule has 31 heavy (non-hydrogen) atoms. The van der Waals surface area contributed by atoms with Crippen LogP contribution < -0.4 is 15.4 Å². The Morgan fingerprint density at radius 3 is 2.58 bits per heavy atom. The van der Waals surface area contributed by atoms with Gasteiger partial charge in [0.2, 0.25) is 15.9 Å². The SMILES string of the molecule is CC[C@H]1Oc2cc(S(=O)(=O)N(C)CC(=O)NCc3ccc(F)cc3)c(C)cc2NC1=O. The van der Waals surface area contributed by atoms with E-state index in [1.165, 1.54) is 43.4 Å². The van der Waals surface area contributed by atoms with Gasteiger partial charge in [-0.1, -0.05) is 19.1 Å². The Hall–Kier alpha value is -2.98. The van der Waals surface area contributed by atoms with Gasteiger partial charge in [0.05, 0.1) is 17.1 Å². The maximum atomic E-state index is 13.1. The van der Waals surface area contributed by atoms with Crippen molar-refractivity contribution in [3.8, 4) is 5.75 Å². The summed E-state index contributed by atoms with van der Waals surface area (Å²) in [5.74, 6) is -0.888. The predicted octanol–water partition coefficient (Wildman–Crippen LogP) is 2.18. The van der Waals surface area contributed by atoms with Crippen molar-refractivity contribution in [1.82, 2.24) is 9.62 Å². The summed E-state index contributed by atoms with van der Waals surface area (Å²) in [6, 6.07) is 8.54. The molecule has 1 atom stereocenters. The quantitative estimate of drug-likeness (QED) is 0.674. The van der Waals surface area contributed by atoms with Crippen molar-refractivity contribution in [2.45, 2.75) is 37.8 Å². The van der Waals surface area contributed by atoms with E-state index >= 15 is 0 Å². The third-order valence-electron chi connectivity index (χ3n) is 4.92. The number of nitrogens with zero attached hydrogens (tertiary/aromatic N) is 1. The fourth-order valence-corrected chi connectivity index (χ4v) is 4.49. The van der Waals surface area contributed by atoms with Gasteiger partial charge in [-0.25, -0.2) is 12.8 Å². The first-order chi connectivity index (χ1) is 14.6. The largest absolute Gasteiger partial charge is 0.478 e. The van der Waals surface area contributed by atoms with Crippen LogP contribution in [-0.4, -0.2) is 44.2 Å². The highest BCUT2D eigenvalue weighted by Crippen LogP contribution is 2.35. The number of hydrogen-bond acceptors (Lipinski definition) is 5. The van der Waals surface area contributed by atoms with Crippen LogP contribution >= 0.6 is 0 Å². The lowest BCUT2D eigenvalue weighted by Crippen LogP contribution is -2.39. The second kappa shape index (κ2) is 9.03. The average molecular weight is 450 g/mol. The molecule has 1 aliphatic heterocycles. The van der Waals surface area contributed by atoms with Crippen LogP contribution in [-0.2, 0) is 26.2 Å². The number of halogens is 1. The molecule has 2 aromatic carbocycles. The number of amides is 2. The van der Waals surface area contributed by atoms with Crippen LogP contribution in [0.3, 0.4) is 0 Å². The summed E-state index contributed by atoms with van der Waals surface area (Å²) < 4.78 is 45.7. The van der Waals surface area contributed by atoms with Gasteiger partial charge in [0.15, 0.2) is 6.10 Å². The van der Waals surface area contributed by atoms with Crippen molar-refractivity contribution in [3.05, 3.63) is 53.3 Å². The third-order valence-corrected chi connectivity index (χ3v) is 6.87. The molecule has 10 heteroatoms. The minimum absolute atomic E-state index is 0.00825. The van der Waals surface area contributed by atoms with Crippen molar-refractivity contribution >= 4 is 27.5 Å². The smallest absolute Gasteiger partial charge is 0.265 e. The Labute approximate surface area is 180 Å². The third kappa shape index (κ3) is 5.02. The molecular weight excluding hydrogens is 425 g/mol. The van der Waals surface area contributed by atoms with Crippen LogP contribution in [0.1, 0.15) is 24.5 Å². The molecule has 3 rings (SSSR count). The van der Waals surface area contributed by atoms with Crippen LogP contribution in [0.5, 0.6) is 5.75 Å². The molecular formula is C21H24FN3O5S. The van der Waals surface area contributed by atoms with Gasteiger partial charge in [-0.15, -0.1) is 0 Å². The standard InChI is InChI=1S/C21H24FN3O5S/c1-4-17-21(27)24-16-9-13(2)19(10-18(16)30-17)31(28,29)25(3)12-20(26)23-11-14-5-7-15(22)8-6-14/h5-10,17H,4,11-12H2,1-3H3,(H,23,26)(H,24,27)/t17-/m1/s1. The summed E-state index contributed by atoms with van der Waals surface area (Å²) in [5.41, 5.74) is 1.51. The monoisotopic (exact) mass is 449 g/mol. The summed E-state index contributed by atoms with van der Waals surface area (Å²) in [7, 11) is -2.69. The lowest BCUT2D eigenvalue weighted by molar-refractivity contribution is -0.123. The second-order valence-electron chi connectivity index (χ2n) is 7.28. The number of fused-ring (bicyclic) bond motifs is 1. The number of carbonyl (C=O) groups is 2. The van der Waals surface area contributed by atoms with Gasteiger partial charge in [-0.2, -0.15) is 4.31 Å². The van der Waals surface area contributed by atoms with E-state index in [2.05, 4.69) is 10.6 Å². The molecule has 0 saturated heterocycles. The maximum absolute atomic E-state index is 13.1. The number of hydrogen-bond donors (Lipinski definition) is 2. The van der Waals surface area contributed by atoms with E-state index < -0.39 is 28.6 Å². The summed E-state index contributed by atoms with van der Waals surface area (Å²) in [6.07, 6.45) is -0.254. The number of likely N-dealkylation sites (N-methyl/N-ethyl adjacent to an activating group) is 1. The summed E-state index contributed by atoms with van der Waals surface area (Å²) in [6.45, 7) is 3.15. The van der Waals surface area contributed by atoms with Gasteiger partial charge in [-0.3, -0.25) is 9.59 Å². The van der Waals surface area contributed by atoms with Gasteiger partial charge >= 0.3 is 0 Å². The number of nitrogens with one attached hydrogen (secondary N) is 2. The van der Waals surface area contributed by atoms with Crippen LogP contribution in [0.25, 0.3) is 0 Å². The molecule has 2 amide bonds. The van der Waals surface area contributed by atoms with Crippen LogP contribution in [0.2, 0.25) is 0 Å². The summed E-state index contributed by atoms with van der Waals surface area (Å²) in [4.78, 5) is 24.2. The number of ether oxygens (including phenoxy) is 1. The Morgan fingerprint density at radius 1 is 1.26 bits per heavy atom. The maximum Gasteiger partial charge on any atom is 0.265 e. The first-order valence-electron chi connectivity index (χ1n) is 9.71. The molecule has 166 valence electrons. The van der Waals surface area contributed by atoms with E-state index in [0.717, 1.165) is 4.31 Å². The number of aryl methyl sites for hydroxylation is 1. The molecule has 1 heterocycles. The van der Waals surface area contributed by atoms with Crippen LogP contribution in [0.4, 0.5) is 10.1 Å². The highest BCUT2D eigenvalue weighted by Gasteiger charge is 2.31. The van der Waals surface area contributed by atoms with Crippen LogP contribution in [0.15, 0.2) is 41.3 Å². The molecule has 0 saturated carbocycles. The topological polar surface area (TPSA) is 105 Å². The number of carbonyl (C=O) groups excluding carboxylic acids is 2. The Bertz CT molecular complexity index is 1100. The molecule has 2 aromatic rings. The van der Waals surface area contributed by atoms with E-state index in [0.29, 0.717) is 23.2 Å². The zero-order valence-corrected chi connectivity index (χ0v) is 18.3. The molecule has 0 aromatic heterocycles. The van der Waals surface area contributed by atoms with Gasteiger partial charge < -0.3 is 15.4 Å². The Kier molecular flexibility index (Phi) is 6.61. The van der Waals surface area contributed by atoms with Crippen LogP contribution in [0, 0.1) is 12.7 Å². The minimum atomic E-state index is -3.99. The molecule has 0 fully saturated rings. The van der Waals surface area contributed by atoms with Crippen molar-refractivity contribution in [1.29, 1.82) is 0 Å². The molecule has 0 aliphatic carbocycles. The lowest BCUT2D eigenvalue weighted by Gasteiger charge is -2.27. The molecule has 1 aliphatic rings. The van der Waals surface area contributed by atoms with E-state index in [4.69, 9.17) is 4.74 Å². The van der Waals surface area contributed by atoms with E-state index in [1.807, 2.05) is 0 Å². The number of sulfonamides is 1. The van der Waals surface area contributed by atoms with E-state index in [-0.39, 0.29) is 28.9 Å². The lowest BCUT2D eigenvalue weighted by atomic mass is 10.1. The molecule has 2 N–H and O–H groups in total. The first kappa shape index (κ1) is 22.7.